The minimum Gasteiger partial charge on any atom is -0.338 e. The SMILES string of the molecule is CCCCc1ccc(NC(=O)C2CCN(Cc3nc(-c4ccc(Br)cc4)no3)CC2)cc1. The van der Waals surface area contributed by atoms with E-state index in [0.717, 1.165) is 48.1 Å². The second-order valence-electron chi connectivity index (χ2n) is 8.36. The predicted octanol–water partition coefficient (Wildman–Crippen LogP) is 5.69. The zero-order valence-corrected chi connectivity index (χ0v) is 20.0. The average molecular weight is 497 g/mol. The third kappa shape index (κ3) is 6.04. The molecule has 4 rings (SSSR count). The summed E-state index contributed by atoms with van der Waals surface area (Å²) < 4.78 is 6.46. The topological polar surface area (TPSA) is 71.3 Å². The fourth-order valence-electron chi connectivity index (χ4n) is 3.96. The highest BCUT2D eigenvalue weighted by atomic mass is 79.9. The lowest BCUT2D eigenvalue weighted by Gasteiger charge is -2.30. The third-order valence-corrected chi connectivity index (χ3v) is 6.46. The van der Waals surface area contributed by atoms with Gasteiger partial charge < -0.3 is 9.84 Å². The van der Waals surface area contributed by atoms with Gasteiger partial charge in [0.2, 0.25) is 17.6 Å². The Hall–Kier alpha value is -2.51. The number of carbonyl (C=O) groups is 1. The summed E-state index contributed by atoms with van der Waals surface area (Å²) in [6, 6.07) is 16.1. The van der Waals surface area contributed by atoms with Crippen LogP contribution < -0.4 is 5.32 Å². The Kier molecular flexibility index (Phi) is 7.71. The van der Waals surface area contributed by atoms with Crippen molar-refractivity contribution >= 4 is 27.5 Å². The molecule has 0 atom stereocenters. The molecule has 0 spiro atoms. The van der Waals surface area contributed by atoms with Crippen molar-refractivity contribution in [2.45, 2.75) is 45.6 Å². The maximum Gasteiger partial charge on any atom is 0.241 e. The Morgan fingerprint density at radius 1 is 1.12 bits per heavy atom. The molecule has 1 aromatic heterocycles. The fourth-order valence-corrected chi connectivity index (χ4v) is 4.22. The molecule has 0 radical (unpaired) electrons. The Morgan fingerprint density at radius 3 is 2.53 bits per heavy atom. The molecule has 2 heterocycles. The van der Waals surface area contributed by atoms with Crippen molar-refractivity contribution in [1.29, 1.82) is 0 Å². The zero-order valence-electron chi connectivity index (χ0n) is 18.4. The van der Waals surface area contributed by atoms with Crippen LogP contribution in [0.15, 0.2) is 57.5 Å². The van der Waals surface area contributed by atoms with E-state index >= 15 is 0 Å². The quantitative estimate of drug-likeness (QED) is 0.433. The summed E-state index contributed by atoms with van der Waals surface area (Å²) in [6.45, 7) is 4.48. The number of anilines is 1. The summed E-state index contributed by atoms with van der Waals surface area (Å²) in [5.41, 5.74) is 3.13. The molecule has 0 saturated carbocycles. The molecule has 1 N–H and O–H groups in total. The van der Waals surface area contributed by atoms with E-state index < -0.39 is 0 Å². The first-order chi connectivity index (χ1) is 15.6. The van der Waals surface area contributed by atoms with Crippen LogP contribution >= 0.6 is 15.9 Å². The van der Waals surface area contributed by atoms with Gasteiger partial charge in [-0.2, -0.15) is 4.98 Å². The Bertz CT molecular complexity index is 1010. The molecule has 32 heavy (non-hydrogen) atoms. The van der Waals surface area contributed by atoms with Gasteiger partial charge in [0, 0.05) is 21.6 Å². The lowest BCUT2D eigenvalue weighted by molar-refractivity contribution is -0.121. The van der Waals surface area contributed by atoms with Gasteiger partial charge in [0.05, 0.1) is 6.54 Å². The van der Waals surface area contributed by atoms with E-state index in [9.17, 15) is 4.79 Å². The van der Waals surface area contributed by atoms with Crippen LogP contribution in [-0.2, 0) is 17.8 Å². The Labute approximate surface area is 197 Å². The van der Waals surface area contributed by atoms with Gasteiger partial charge >= 0.3 is 0 Å². The van der Waals surface area contributed by atoms with Crippen LogP contribution in [0.25, 0.3) is 11.4 Å². The molecule has 1 amide bonds. The number of nitrogens with one attached hydrogen (secondary N) is 1. The summed E-state index contributed by atoms with van der Waals surface area (Å²) in [4.78, 5) is 19.5. The normalized spacial score (nSPS) is 15.1. The molecule has 1 aliphatic rings. The second-order valence-corrected chi connectivity index (χ2v) is 9.27. The maximum atomic E-state index is 12.7. The molecule has 1 fully saturated rings. The highest BCUT2D eigenvalue weighted by Crippen LogP contribution is 2.23. The van der Waals surface area contributed by atoms with Crippen LogP contribution in [0.4, 0.5) is 5.69 Å². The molecule has 6 nitrogen and oxygen atoms in total. The summed E-state index contributed by atoms with van der Waals surface area (Å²) in [6.07, 6.45) is 5.13. The van der Waals surface area contributed by atoms with E-state index in [2.05, 4.69) is 55.3 Å². The highest BCUT2D eigenvalue weighted by molar-refractivity contribution is 9.10. The van der Waals surface area contributed by atoms with Crippen LogP contribution in [0.3, 0.4) is 0 Å². The van der Waals surface area contributed by atoms with Crippen molar-refractivity contribution in [3.63, 3.8) is 0 Å². The van der Waals surface area contributed by atoms with Gasteiger partial charge in [0.25, 0.3) is 0 Å². The van der Waals surface area contributed by atoms with Gasteiger partial charge in [-0.1, -0.05) is 46.6 Å². The summed E-state index contributed by atoms with van der Waals surface area (Å²) in [7, 11) is 0. The smallest absolute Gasteiger partial charge is 0.241 e. The van der Waals surface area contributed by atoms with Crippen LogP contribution in [0, 0.1) is 5.92 Å². The van der Waals surface area contributed by atoms with Crippen LogP contribution in [-0.4, -0.2) is 34.0 Å². The molecule has 7 heteroatoms. The molecule has 1 saturated heterocycles. The number of unbranched alkanes of at least 4 members (excludes halogenated alkanes) is 1. The number of piperidine rings is 1. The van der Waals surface area contributed by atoms with Gasteiger partial charge in [-0.3, -0.25) is 9.69 Å². The standard InChI is InChI=1S/C25H29BrN4O2/c1-2-3-4-18-5-11-22(12-6-18)27-25(31)20-13-15-30(16-14-20)17-23-28-24(29-32-23)19-7-9-21(26)10-8-19/h5-12,20H,2-4,13-17H2,1H3,(H,27,31). The fraction of sp³-hybridized carbons (Fsp3) is 0.400. The second kappa shape index (κ2) is 10.9. The van der Waals surface area contributed by atoms with Gasteiger partial charge in [-0.25, -0.2) is 0 Å². The summed E-state index contributed by atoms with van der Waals surface area (Å²) >= 11 is 3.43. The first-order valence-corrected chi connectivity index (χ1v) is 12.1. The lowest BCUT2D eigenvalue weighted by Crippen LogP contribution is -2.37. The predicted molar refractivity (Wildman–Crippen MR) is 129 cm³/mol. The number of halogens is 1. The number of hydrogen-bond acceptors (Lipinski definition) is 5. The molecule has 0 unspecified atom stereocenters. The van der Waals surface area contributed by atoms with Crippen molar-refractivity contribution in [3.05, 3.63) is 64.5 Å². The molecule has 168 valence electrons. The number of amides is 1. The number of aromatic nitrogens is 2. The first-order valence-electron chi connectivity index (χ1n) is 11.3. The van der Waals surface area contributed by atoms with Crippen LogP contribution in [0.5, 0.6) is 0 Å². The van der Waals surface area contributed by atoms with Crippen molar-refractivity contribution in [3.8, 4) is 11.4 Å². The number of benzene rings is 2. The highest BCUT2D eigenvalue weighted by Gasteiger charge is 2.26. The Balaban J connectivity index is 1.24. The molecule has 0 aliphatic carbocycles. The zero-order chi connectivity index (χ0) is 22.3. The Morgan fingerprint density at radius 2 is 1.84 bits per heavy atom. The molecule has 0 bridgehead atoms. The minimum atomic E-state index is 0.0343. The molecule has 3 aromatic rings. The molecular weight excluding hydrogens is 468 g/mol. The monoisotopic (exact) mass is 496 g/mol. The van der Waals surface area contributed by atoms with Crippen molar-refractivity contribution < 1.29 is 9.32 Å². The first kappa shape index (κ1) is 22.7. The average Bonchev–Trinajstić information content (AvgIpc) is 3.28. The van der Waals surface area contributed by atoms with Crippen LogP contribution in [0.2, 0.25) is 0 Å². The number of carbonyl (C=O) groups excluding carboxylic acids is 1. The largest absolute Gasteiger partial charge is 0.338 e. The van der Waals surface area contributed by atoms with Crippen LogP contribution in [0.1, 0.15) is 44.1 Å². The van der Waals surface area contributed by atoms with Gasteiger partial charge in [0.15, 0.2) is 0 Å². The summed E-state index contributed by atoms with van der Waals surface area (Å²) in [5, 5.41) is 7.19. The lowest BCUT2D eigenvalue weighted by atomic mass is 9.95. The van der Waals surface area contributed by atoms with Gasteiger partial charge in [-0.15, -0.1) is 0 Å². The third-order valence-electron chi connectivity index (χ3n) is 5.93. The van der Waals surface area contributed by atoms with Gasteiger partial charge in [-0.05, 0) is 80.7 Å². The number of likely N-dealkylation sites (tertiary alicyclic amines) is 1. The number of aryl methyl sites for hydroxylation is 1. The molecule has 2 aromatic carbocycles. The molecule has 1 aliphatic heterocycles. The number of hydrogen-bond donors (Lipinski definition) is 1. The number of rotatable bonds is 8. The van der Waals surface area contributed by atoms with Crippen molar-refractivity contribution in [2.24, 2.45) is 5.92 Å². The number of nitrogens with zero attached hydrogens (tertiary/aromatic N) is 3. The van der Waals surface area contributed by atoms with Gasteiger partial charge in [0.1, 0.15) is 0 Å². The maximum absolute atomic E-state index is 12.7. The van der Waals surface area contributed by atoms with E-state index in [-0.39, 0.29) is 11.8 Å². The van der Waals surface area contributed by atoms with E-state index in [1.807, 2.05) is 36.4 Å². The van der Waals surface area contributed by atoms with E-state index in [0.29, 0.717) is 18.3 Å². The van der Waals surface area contributed by atoms with E-state index in [1.54, 1.807) is 0 Å². The van der Waals surface area contributed by atoms with Crippen molar-refractivity contribution in [2.75, 3.05) is 18.4 Å². The molecular formula is C25H29BrN4O2. The van der Waals surface area contributed by atoms with E-state index in [1.165, 1.54) is 18.4 Å². The van der Waals surface area contributed by atoms with E-state index in [4.69, 9.17) is 4.52 Å². The summed E-state index contributed by atoms with van der Waals surface area (Å²) in [5.74, 6) is 1.35. The van der Waals surface area contributed by atoms with Crippen molar-refractivity contribution in [1.82, 2.24) is 15.0 Å². The minimum absolute atomic E-state index is 0.0343.